The molecule has 1 aliphatic heterocycles. The molecule has 1 aromatic heterocycles. The van der Waals surface area contributed by atoms with Gasteiger partial charge in [0.2, 0.25) is 5.90 Å². The molecule has 0 spiro atoms. The van der Waals surface area contributed by atoms with Crippen molar-refractivity contribution >= 4 is 28.9 Å². The molecule has 0 atom stereocenters. The van der Waals surface area contributed by atoms with Crippen LogP contribution in [0.15, 0.2) is 105 Å². The van der Waals surface area contributed by atoms with E-state index >= 15 is 0 Å². The number of benzene rings is 3. The van der Waals surface area contributed by atoms with Crippen molar-refractivity contribution in [2.24, 2.45) is 4.99 Å². The zero-order valence-corrected chi connectivity index (χ0v) is 15.7. The molecule has 0 unspecified atom stereocenters. The zero-order valence-electron chi connectivity index (χ0n) is 15.7. The van der Waals surface area contributed by atoms with Crippen LogP contribution in [0.1, 0.15) is 11.1 Å². The van der Waals surface area contributed by atoms with Crippen LogP contribution in [0.4, 0.5) is 0 Å². The van der Waals surface area contributed by atoms with Crippen LogP contribution >= 0.6 is 0 Å². The fourth-order valence-corrected chi connectivity index (χ4v) is 3.31. The van der Waals surface area contributed by atoms with E-state index in [0.717, 1.165) is 11.1 Å². The quantitative estimate of drug-likeness (QED) is 0.370. The lowest BCUT2D eigenvalue weighted by molar-refractivity contribution is -0.129. The molecule has 0 saturated carbocycles. The van der Waals surface area contributed by atoms with Crippen molar-refractivity contribution in [1.29, 1.82) is 0 Å². The van der Waals surface area contributed by atoms with Crippen LogP contribution in [0.2, 0.25) is 0 Å². The predicted molar refractivity (Wildman–Crippen MR) is 115 cm³/mol. The van der Waals surface area contributed by atoms with E-state index in [0.29, 0.717) is 16.5 Å². The Balaban J connectivity index is 1.47. The first-order valence-corrected chi connectivity index (χ1v) is 9.38. The van der Waals surface area contributed by atoms with Gasteiger partial charge in [-0.2, -0.15) is 0 Å². The third kappa shape index (κ3) is 3.22. The Morgan fingerprint density at radius 2 is 1.40 bits per heavy atom. The molecule has 4 aromatic rings. The molecule has 0 bridgehead atoms. The second kappa shape index (κ2) is 7.29. The molecule has 5 heteroatoms. The maximum Gasteiger partial charge on any atom is 0.363 e. The summed E-state index contributed by atoms with van der Waals surface area (Å²) in [6.45, 7) is 0. The highest BCUT2D eigenvalue weighted by Gasteiger charge is 2.24. The summed E-state index contributed by atoms with van der Waals surface area (Å²) < 4.78 is 10.8. The lowest BCUT2D eigenvalue weighted by atomic mass is 10.0. The average molecular weight is 393 g/mol. The summed E-state index contributed by atoms with van der Waals surface area (Å²) >= 11 is 0. The second-order valence-electron chi connectivity index (χ2n) is 6.80. The van der Waals surface area contributed by atoms with Crippen LogP contribution in [0.3, 0.4) is 0 Å². The van der Waals surface area contributed by atoms with Crippen LogP contribution in [0.5, 0.6) is 0 Å². The molecule has 0 radical (unpaired) electrons. The maximum atomic E-state index is 12.6. The molecule has 30 heavy (non-hydrogen) atoms. The summed E-state index contributed by atoms with van der Waals surface area (Å²) in [7, 11) is 0. The normalized spacial score (nSPS) is 14.7. The molecule has 2 heterocycles. The monoisotopic (exact) mass is 393 g/mol. The summed E-state index contributed by atoms with van der Waals surface area (Å²) in [4.78, 5) is 29.2. The number of carbonyl (C=O) groups excluding carboxylic acids is 1. The Labute approximate surface area is 171 Å². The number of hydrogen-bond acceptors (Lipinski definition) is 5. The van der Waals surface area contributed by atoms with E-state index in [4.69, 9.17) is 9.15 Å². The van der Waals surface area contributed by atoms with Gasteiger partial charge < -0.3 is 9.15 Å². The lowest BCUT2D eigenvalue weighted by Gasteiger charge is -2.03. The van der Waals surface area contributed by atoms with E-state index in [9.17, 15) is 9.59 Å². The molecule has 5 rings (SSSR count). The van der Waals surface area contributed by atoms with E-state index in [1.54, 1.807) is 24.3 Å². The first kappa shape index (κ1) is 17.8. The Morgan fingerprint density at radius 1 is 0.733 bits per heavy atom. The number of nitrogens with zero attached hydrogens (tertiary/aromatic N) is 1. The Kier molecular flexibility index (Phi) is 4.33. The molecule has 0 aliphatic carbocycles. The molecule has 0 N–H and O–H groups in total. The number of rotatable bonds is 3. The minimum absolute atomic E-state index is 0.0553. The molecule has 0 saturated heterocycles. The summed E-state index contributed by atoms with van der Waals surface area (Å²) in [5.41, 5.74) is 3.38. The number of aliphatic imine (C=N–C) groups is 1. The highest BCUT2D eigenvalue weighted by atomic mass is 16.6. The Bertz CT molecular complexity index is 1380. The van der Waals surface area contributed by atoms with Gasteiger partial charge in [0.15, 0.2) is 11.1 Å². The largest absolute Gasteiger partial charge is 0.463 e. The number of ether oxygens (including phenoxy) is 1. The van der Waals surface area contributed by atoms with Gasteiger partial charge in [-0.1, -0.05) is 54.6 Å². The number of esters is 1. The van der Waals surface area contributed by atoms with Gasteiger partial charge in [0, 0.05) is 5.56 Å². The van der Waals surface area contributed by atoms with Crippen molar-refractivity contribution in [2.75, 3.05) is 0 Å². The summed E-state index contributed by atoms with van der Waals surface area (Å²) in [6, 6.07) is 24.5. The van der Waals surface area contributed by atoms with Gasteiger partial charge in [-0.3, -0.25) is 4.79 Å². The summed E-state index contributed by atoms with van der Waals surface area (Å²) in [5.74, 6) is -0.402. The fraction of sp³-hybridized carbons (Fsp3) is 0. The molecule has 0 amide bonds. The molecule has 144 valence electrons. The van der Waals surface area contributed by atoms with Crippen molar-refractivity contribution in [3.63, 3.8) is 0 Å². The highest BCUT2D eigenvalue weighted by Crippen LogP contribution is 2.23. The van der Waals surface area contributed by atoms with Crippen molar-refractivity contribution in [3.05, 3.63) is 112 Å². The van der Waals surface area contributed by atoms with E-state index in [2.05, 4.69) is 4.99 Å². The van der Waals surface area contributed by atoms with Crippen LogP contribution in [-0.4, -0.2) is 11.9 Å². The summed E-state index contributed by atoms with van der Waals surface area (Å²) in [6.07, 6.45) is 2.72. The van der Waals surface area contributed by atoms with Crippen LogP contribution in [-0.2, 0) is 9.53 Å². The van der Waals surface area contributed by atoms with Gasteiger partial charge in [-0.15, -0.1) is 0 Å². The fourth-order valence-electron chi connectivity index (χ4n) is 3.31. The highest BCUT2D eigenvalue weighted by molar-refractivity contribution is 6.13. The van der Waals surface area contributed by atoms with Gasteiger partial charge in [-0.05, 0) is 41.5 Å². The molecule has 3 aromatic carbocycles. The molecule has 1 aliphatic rings. The Morgan fingerprint density at radius 3 is 2.20 bits per heavy atom. The van der Waals surface area contributed by atoms with Gasteiger partial charge in [0.1, 0.15) is 11.8 Å². The minimum atomic E-state index is -0.607. The lowest BCUT2D eigenvalue weighted by Crippen LogP contribution is -2.07. The van der Waals surface area contributed by atoms with Gasteiger partial charge in [-0.25, -0.2) is 9.79 Å². The number of cyclic esters (lactones) is 1. The topological polar surface area (TPSA) is 68.9 Å². The zero-order chi connectivity index (χ0) is 20.5. The number of fused-ring (bicyclic) bond motifs is 1. The van der Waals surface area contributed by atoms with Crippen molar-refractivity contribution in [1.82, 2.24) is 0 Å². The minimum Gasteiger partial charge on any atom is -0.463 e. The van der Waals surface area contributed by atoms with Crippen molar-refractivity contribution < 1.29 is 13.9 Å². The van der Waals surface area contributed by atoms with Gasteiger partial charge >= 0.3 is 5.97 Å². The van der Waals surface area contributed by atoms with Gasteiger partial charge in [0.05, 0.1) is 10.9 Å². The molecular weight excluding hydrogens is 378 g/mol. The molecule has 0 fully saturated rings. The number of para-hydroxylation sites is 1. The van der Waals surface area contributed by atoms with Gasteiger partial charge in [0.25, 0.3) is 0 Å². The average Bonchev–Trinajstić information content (AvgIpc) is 3.17. The smallest absolute Gasteiger partial charge is 0.363 e. The number of carbonyl (C=O) groups is 1. The van der Waals surface area contributed by atoms with Crippen LogP contribution < -0.4 is 5.43 Å². The molecule has 5 nitrogen and oxygen atoms in total. The third-order valence-electron chi connectivity index (χ3n) is 4.86. The van der Waals surface area contributed by atoms with E-state index in [1.165, 1.54) is 12.3 Å². The Hall–Kier alpha value is -4.25. The maximum absolute atomic E-state index is 12.6. The van der Waals surface area contributed by atoms with E-state index < -0.39 is 5.97 Å². The second-order valence-corrected chi connectivity index (χ2v) is 6.80. The van der Waals surface area contributed by atoms with Crippen molar-refractivity contribution in [3.8, 4) is 11.1 Å². The predicted octanol–water partition coefficient (Wildman–Crippen LogP) is 4.80. The van der Waals surface area contributed by atoms with Crippen LogP contribution in [0.25, 0.3) is 28.2 Å². The first-order chi connectivity index (χ1) is 14.7. The summed E-state index contributed by atoms with van der Waals surface area (Å²) in [5, 5.41) is 0.443. The van der Waals surface area contributed by atoms with Crippen LogP contribution in [0, 0.1) is 0 Å². The third-order valence-corrected chi connectivity index (χ3v) is 4.86. The van der Waals surface area contributed by atoms with E-state index in [-0.39, 0.29) is 22.6 Å². The number of hydrogen-bond donors (Lipinski definition) is 0. The first-order valence-electron chi connectivity index (χ1n) is 9.38. The van der Waals surface area contributed by atoms with Crippen molar-refractivity contribution in [2.45, 2.75) is 0 Å². The molecular formula is C25H15NO4. The van der Waals surface area contributed by atoms with E-state index in [1.807, 2.05) is 54.6 Å². The SMILES string of the molecule is O=C1OC(c2ccc(-c3ccccc3)cc2)=N/C1=C\c1coc2ccccc2c1=O. The standard InChI is InChI=1S/C25H15NO4/c27-23-19(15-29-22-9-5-4-8-20(22)23)14-21-25(28)30-24(26-21)18-12-10-17(11-13-18)16-6-2-1-3-7-16/h1-15H/b21-14-.